The monoisotopic (exact) mass is 309 g/mol. The first kappa shape index (κ1) is 14.6. The van der Waals surface area contributed by atoms with Gasteiger partial charge in [0, 0.05) is 11.8 Å². The van der Waals surface area contributed by atoms with Crippen LogP contribution in [-0.4, -0.2) is 10.9 Å². The molecule has 0 fully saturated rings. The molecule has 1 atom stereocenters. The fourth-order valence-corrected chi connectivity index (χ4v) is 2.19. The maximum atomic E-state index is 12.1. The molecule has 0 radical (unpaired) electrons. The molecule has 0 saturated heterocycles. The van der Waals surface area contributed by atoms with Gasteiger partial charge in [-0.2, -0.15) is 0 Å². The molecule has 20 heavy (non-hydrogen) atoms. The van der Waals surface area contributed by atoms with Crippen LogP contribution in [0.5, 0.6) is 0 Å². The van der Waals surface area contributed by atoms with Gasteiger partial charge >= 0.3 is 0 Å². The first-order chi connectivity index (χ1) is 9.49. The van der Waals surface area contributed by atoms with Crippen molar-refractivity contribution in [2.75, 3.05) is 5.73 Å². The quantitative estimate of drug-likeness (QED) is 0.853. The number of carbonyl (C=O) groups excluding carboxylic acids is 1. The van der Waals surface area contributed by atoms with Gasteiger partial charge in [-0.25, -0.2) is 0 Å². The fourth-order valence-electron chi connectivity index (χ4n) is 1.70. The summed E-state index contributed by atoms with van der Waals surface area (Å²) in [7, 11) is 0. The topological polar surface area (TPSA) is 68.0 Å². The van der Waals surface area contributed by atoms with E-state index in [9.17, 15) is 4.79 Å². The summed E-state index contributed by atoms with van der Waals surface area (Å²) in [5.74, 6) is -0.285. The molecule has 2 aromatic rings. The number of carbonyl (C=O) groups is 1. The van der Waals surface area contributed by atoms with Gasteiger partial charge in [0.1, 0.15) is 0 Å². The summed E-state index contributed by atoms with van der Waals surface area (Å²) in [6.07, 6.45) is 1.68. The Hall–Kier alpha value is -1.78. The number of anilines is 1. The minimum atomic E-state index is -0.285. The number of amides is 1. The third-order valence-corrected chi connectivity index (χ3v) is 3.45. The number of rotatable bonds is 3. The number of nitrogens with one attached hydrogen (secondary N) is 1. The number of nitrogen functional groups attached to an aromatic ring is 1. The van der Waals surface area contributed by atoms with E-state index < -0.39 is 0 Å². The molecule has 0 spiro atoms. The molecule has 1 unspecified atom stereocenters. The summed E-state index contributed by atoms with van der Waals surface area (Å²) in [6, 6.07) is 8.28. The lowest BCUT2D eigenvalue weighted by Gasteiger charge is -2.14. The lowest BCUT2D eigenvalue weighted by molar-refractivity contribution is 0.0939. The van der Waals surface area contributed by atoms with Gasteiger partial charge in [0.25, 0.3) is 5.91 Å². The van der Waals surface area contributed by atoms with Crippen LogP contribution in [0.25, 0.3) is 0 Å². The lowest BCUT2D eigenvalue weighted by atomic mass is 10.1. The summed E-state index contributed by atoms with van der Waals surface area (Å²) in [5, 5.41) is 3.34. The highest BCUT2D eigenvalue weighted by Gasteiger charge is 2.14. The lowest BCUT2D eigenvalue weighted by Crippen LogP contribution is -2.27. The molecule has 1 aromatic carbocycles. The van der Waals surface area contributed by atoms with E-state index in [2.05, 4.69) is 10.3 Å². The highest BCUT2D eigenvalue weighted by molar-refractivity contribution is 6.39. The summed E-state index contributed by atoms with van der Waals surface area (Å²) in [6.45, 7) is 1.85. The highest BCUT2D eigenvalue weighted by atomic mass is 35.5. The van der Waals surface area contributed by atoms with Crippen molar-refractivity contribution in [3.05, 3.63) is 57.8 Å². The predicted molar refractivity (Wildman–Crippen MR) is 81.0 cm³/mol. The van der Waals surface area contributed by atoms with Gasteiger partial charge in [0.05, 0.1) is 27.5 Å². The maximum absolute atomic E-state index is 12.1. The van der Waals surface area contributed by atoms with Crippen LogP contribution in [0, 0.1) is 0 Å². The van der Waals surface area contributed by atoms with E-state index >= 15 is 0 Å². The largest absolute Gasteiger partial charge is 0.396 e. The Morgan fingerprint density at radius 2 is 1.95 bits per heavy atom. The zero-order valence-electron chi connectivity index (χ0n) is 10.7. The van der Waals surface area contributed by atoms with Crippen LogP contribution in [0.4, 0.5) is 5.69 Å². The Bertz CT molecular complexity index is 609. The van der Waals surface area contributed by atoms with E-state index in [1.165, 1.54) is 12.1 Å². The molecule has 0 aliphatic carbocycles. The molecule has 0 aliphatic heterocycles. The first-order valence-corrected chi connectivity index (χ1v) is 6.71. The number of nitrogens with two attached hydrogens (primary N) is 1. The van der Waals surface area contributed by atoms with E-state index in [-0.39, 0.29) is 27.7 Å². The molecular weight excluding hydrogens is 297 g/mol. The summed E-state index contributed by atoms with van der Waals surface area (Å²) < 4.78 is 0. The van der Waals surface area contributed by atoms with Crippen molar-refractivity contribution in [3.8, 4) is 0 Å². The number of aromatic nitrogens is 1. The standard InChI is InChI=1S/C14H13Cl2N3O/c1-8(12-4-2-3-5-18-12)19-14(20)9-6-10(15)13(17)11(16)7-9/h2-8H,17H2,1H3,(H,19,20). The third kappa shape index (κ3) is 3.21. The van der Waals surface area contributed by atoms with Crippen molar-refractivity contribution in [1.82, 2.24) is 10.3 Å². The van der Waals surface area contributed by atoms with Crippen molar-refractivity contribution < 1.29 is 4.79 Å². The van der Waals surface area contributed by atoms with Crippen LogP contribution in [-0.2, 0) is 0 Å². The molecule has 3 N–H and O–H groups in total. The average Bonchev–Trinajstić information content (AvgIpc) is 2.45. The molecule has 1 aromatic heterocycles. The smallest absolute Gasteiger partial charge is 0.251 e. The van der Waals surface area contributed by atoms with Gasteiger partial charge in [-0.05, 0) is 31.2 Å². The molecule has 0 saturated carbocycles. The van der Waals surface area contributed by atoms with Gasteiger partial charge < -0.3 is 11.1 Å². The highest BCUT2D eigenvalue weighted by Crippen LogP contribution is 2.29. The van der Waals surface area contributed by atoms with E-state index in [1.807, 2.05) is 25.1 Å². The number of benzene rings is 1. The SMILES string of the molecule is CC(NC(=O)c1cc(Cl)c(N)c(Cl)c1)c1ccccn1. The van der Waals surface area contributed by atoms with Crippen molar-refractivity contribution in [2.45, 2.75) is 13.0 Å². The van der Waals surface area contributed by atoms with Crippen molar-refractivity contribution in [1.29, 1.82) is 0 Å². The summed E-state index contributed by atoms with van der Waals surface area (Å²) in [5.41, 5.74) is 7.03. The molecule has 0 aliphatic rings. The van der Waals surface area contributed by atoms with Gasteiger partial charge in [0.2, 0.25) is 0 Å². The number of halogens is 2. The molecular formula is C14H13Cl2N3O. The Labute approximate surface area is 126 Å². The predicted octanol–water partition coefficient (Wildman–Crippen LogP) is 3.46. The second-order valence-electron chi connectivity index (χ2n) is 4.30. The van der Waals surface area contributed by atoms with Crippen molar-refractivity contribution in [3.63, 3.8) is 0 Å². The maximum Gasteiger partial charge on any atom is 0.251 e. The van der Waals surface area contributed by atoms with E-state index in [1.54, 1.807) is 6.20 Å². The molecule has 0 bridgehead atoms. The average molecular weight is 310 g/mol. The Balaban J connectivity index is 2.17. The second kappa shape index (κ2) is 6.11. The van der Waals surface area contributed by atoms with Crippen LogP contribution in [0.3, 0.4) is 0 Å². The molecule has 104 valence electrons. The zero-order valence-corrected chi connectivity index (χ0v) is 12.2. The molecule has 1 amide bonds. The van der Waals surface area contributed by atoms with Crippen molar-refractivity contribution in [2.24, 2.45) is 0 Å². The Morgan fingerprint density at radius 3 is 2.50 bits per heavy atom. The van der Waals surface area contributed by atoms with Gasteiger partial charge in [0.15, 0.2) is 0 Å². The molecule has 6 heteroatoms. The summed E-state index contributed by atoms with van der Waals surface area (Å²) in [4.78, 5) is 16.3. The third-order valence-electron chi connectivity index (χ3n) is 2.82. The Kier molecular flexibility index (Phi) is 4.47. The Morgan fingerprint density at radius 1 is 1.30 bits per heavy atom. The minimum absolute atomic E-state index is 0.223. The van der Waals surface area contributed by atoms with Crippen LogP contribution in [0.2, 0.25) is 10.0 Å². The number of nitrogens with zero attached hydrogens (tertiary/aromatic N) is 1. The van der Waals surface area contributed by atoms with Gasteiger partial charge in [-0.3, -0.25) is 9.78 Å². The number of hydrogen-bond donors (Lipinski definition) is 2. The summed E-state index contributed by atoms with van der Waals surface area (Å²) >= 11 is 11.8. The number of pyridine rings is 1. The fraction of sp³-hybridized carbons (Fsp3) is 0.143. The van der Waals surface area contributed by atoms with Crippen LogP contribution < -0.4 is 11.1 Å². The van der Waals surface area contributed by atoms with Crippen molar-refractivity contribution >= 4 is 34.8 Å². The first-order valence-electron chi connectivity index (χ1n) is 5.95. The van der Waals surface area contributed by atoms with E-state index in [4.69, 9.17) is 28.9 Å². The molecule has 4 nitrogen and oxygen atoms in total. The second-order valence-corrected chi connectivity index (χ2v) is 5.12. The van der Waals surface area contributed by atoms with Crippen LogP contribution in [0.1, 0.15) is 29.0 Å². The zero-order chi connectivity index (χ0) is 14.7. The van der Waals surface area contributed by atoms with E-state index in [0.29, 0.717) is 5.56 Å². The number of hydrogen-bond acceptors (Lipinski definition) is 3. The normalized spacial score (nSPS) is 11.9. The molecule has 2 rings (SSSR count). The van der Waals surface area contributed by atoms with Gasteiger partial charge in [-0.1, -0.05) is 29.3 Å². The van der Waals surface area contributed by atoms with Crippen LogP contribution in [0.15, 0.2) is 36.5 Å². The van der Waals surface area contributed by atoms with E-state index in [0.717, 1.165) is 5.69 Å². The van der Waals surface area contributed by atoms with Gasteiger partial charge in [-0.15, -0.1) is 0 Å². The van der Waals surface area contributed by atoms with Crippen LogP contribution >= 0.6 is 23.2 Å². The molecule has 1 heterocycles. The minimum Gasteiger partial charge on any atom is -0.396 e.